The molecule has 0 amide bonds. The summed E-state index contributed by atoms with van der Waals surface area (Å²) in [6, 6.07) is 5.86. The Bertz CT molecular complexity index is 372. The number of ether oxygens (including phenoxy) is 1. The average molecular weight is 237 g/mol. The van der Waals surface area contributed by atoms with Crippen LogP contribution in [0, 0.1) is 6.92 Å². The van der Waals surface area contributed by atoms with Crippen molar-refractivity contribution >= 4 is 0 Å². The molecule has 96 valence electrons. The minimum absolute atomic E-state index is 0.0727. The third-order valence-electron chi connectivity index (χ3n) is 2.96. The van der Waals surface area contributed by atoms with Crippen molar-refractivity contribution in [2.75, 3.05) is 6.61 Å². The first-order chi connectivity index (χ1) is 7.85. The molecule has 3 heteroatoms. The number of aliphatic hydroxyl groups is 1. The fourth-order valence-electron chi connectivity index (χ4n) is 1.49. The van der Waals surface area contributed by atoms with E-state index in [1.807, 2.05) is 39.0 Å². The van der Waals surface area contributed by atoms with Gasteiger partial charge in [0.1, 0.15) is 12.4 Å². The van der Waals surface area contributed by atoms with E-state index in [0.717, 1.165) is 16.9 Å². The van der Waals surface area contributed by atoms with Gasteiger partial charge in [-0.05, 0) is 33.3 Å². The molecular weight excluding hydrogens is 214 g/mol. The highest BCUT2D eigenvalue weighted by Crippen LogP contribution is 2.26. The van der Waals surface area contributed by atoms with Gasteiger partial charge in [-0.15, -0.1) is 0 Å². The Hall–Kier alpha value is -1.06. The van der Waals surface area contributed by atoms with Crippen LogP contribution in [0.15, 0.2) is 18.2 Å². The van der Waals surface area contributed by atoms with Crippen molar-refractivity contribution in [3.05, 3.63) is 29.3 Å². The van der Waals surface area contributed by atoms with Gasteiger partial charge in [0.05, 0.1) is 5.60 Å². The maximum atomic E-state index is 9.91. The maximum Gasteiger partial charge on any atom is 0.124 e. The van der Waals surface area contributed by atoms with E-state index in [9.17, 15) is 5.11 Å². The van der Waals surface area contributed by atoms with E-state index in [1.54, 1.807) is 6.92 Å². The molecule has 1 rings (SSSR count). The Labute approximate surface area is 104 Å². The van der Waals surface area contributed by atoms with Gasteiger partial charge in [0, 0.05) is 11.6 Å². The summed E-state index contributed by atoms with van der Waals surface area (Å²) in [6.07, 6.45) is 0.659. The fourth-order valence-corrected chi connectivity index (χ4v) is 1.49. The molecule has 3 nitrogen and oxygen atoms in total. The van der Waals surface area contributed by atoms with E-state index in [4.69, 9.17) is 10.5 Å². The molecule has 0 aliphatic rings. The molecule has 0 saturated carbocycles. The van der Waals surface area contributed by atoms with Crippen LogP contribution < -0.4 is 10.5 Å². The van der Waals surface area contributed by atoms with Crippen LogP contribution in [0.25, 0.3) is 0 Å². The Morgan fingerprint density at radius 3 is 2.65 bits per heavy atom. The lowest BCUT2D eigenvalue weighted by molar-refractivity contribution is 0.00810. The number of aryl methyl sites for hydroxylation is 1. The molecule has 0 bridgehead atoms. The van der Waals surface area contributed by atoms with E-state index in [2.05, 4.69) is 0 Å². The van der Waals surface area contributed by atoms with Crippen molar-refractivity contribution < 1.29 is 9.84 Å². The van der Waals surface area contributed by atoms with Crippen molar-refractivity contribution in [1.82, 2.24) is 0 Å². The van der Waals surface area contributed by atoms with E-state index in [1.165, 1.54) is 0 Å². The van der Waals surface area contributed by atoms with Gasteiger partial charge in [-0.3, -0.25) is 0 Å². The van der Waals surface area contributed by atoms with Crippen molar-refractivity contribution in [2.24, 2.45) is 5.73 Å². The van der Waals surface area contributed by atoms with Gasteiger partial charge in [0.15, 0.2) is 0 Å². The molecule has 2 atom stereocenters. The zero-order valence-corrected chi connectivity index (χ0v) is 11.2. The van der Waals surface area contributed by atoms with Crippen LogP contribution in [0.4, 0.5) is 0 Å². The molecule has 1 unspecified atom stereocenters. The molecule has 0 aliphatic carbocycles. The first-order valence-corrected chi connectivity index (χ1v) is 6.07. The van der Waals surface area contributed by atoms with Crippen LogP contribution in [-0.2, 0) is 0 Å². The summed E-state index contributed by atoms with van der Waals surface area (Å²) in [7, 11) is 0. The van der Waals surface area contributed by atoms with Crippen molar-refractivity contribution in [3.8, 4) is 5.75 Å². The Kier molecular flexibility index (Phi) is 4.54. The molecule has 17 heavy (non-hydrogen) atoms. The highest BCUT2D eigenvalue weighted by molar-refractivity contribution is 5.38. The van der Waals surface area contributed by atoms with Crippen molar-refractivity contribution in [3.63, 3.8) is 0 Å². The van der Waals surface area contributed by atoms with E-state index < -0.39 is 5.60 Å². The minimum atomic E-state index is -0.792. The lowest BCUT2D eigenvalue weighted by atomic mass is 10.0. The quantitative estimate of drug-likeness (QED) is 0.827. The molecule has 1 aromatic rings. The molecule has 3 N–H and O–H groups in total. The molecule has 0 aliphatic heterocycles. The van der Waals surface area contributed by atoms with Gasteiger partial charge < -0.3 is 15.6 Å². The number of nitrogens with two attached hydrogens (primary N) is 1. The average Bonchev–Trinajstić information content (AvgIpc) is 2.27. The van der Waals surface area contributed by atoms with Crippen LogP contribution in [0.2, 0.25) is 0 Å². The van der Waals surface area contributed by atoms with Crippen molar-refractivity contribution in [1.29, 1.82) is 0 Å². The second-order valence-electron chi connectivity index (χ2n) is 4.97. The lowest BCUT2D eigenvalue weighted by Gasteiger charge is -2.23. The predicted octanol–water partition coefficient (Wildman–Crippen LogP) is 2.55. The number of hydrogen-bond acceptors (Lipinski definition) is 3. The molecule has 0 radical (unpaired) electrons. The SMILES string of the molecule is CCC(C)(O)COc1ccc(C)cc1[C@@H](C)N. The lowest BCUT2D eigenvalue weighted by Crippen LogP contribution is -2.31. The zero-order valence-electron chi connectivity index (χ0n) is 11.2. The largest absolute Gasteiger partial charge is 0.490 e. The summed E-state index contributed by atoms with van der Waals surface area (Å²) >= 11 is 0. The Morgan fingerprint density at radius 1 is 1.47 bits per heavy atom. The highest BCUT2D eigenvalue weighted by atomic mass is 16.5. The van der Waals surface area contributed by atoms with Crippen LogP contribution in [-0.4, -0.2) is 17.3 Å². The van der Waals surface area contributed by atoms with E-state index >= 15 is 0 Å². The molecule has 0 spiro atoms. The maximum absolute atomic E-state index is 9.91. The highest BCUT2D eigenvalue weighted by Gasteiger charge is 2.19. The fraction of sp³-hybridized carbons (Fsp3) is 0.571. The van der Waals surface area contributed by atoms with E-state index in [0.29, 0.717) is 6.42 Å². The molecule has 1 aromatic carbocycles. The van der Waals surface area contributed by atoms with Gasteiger partial charge in [0.2, 0.25) is 0 Å². The minimum Gasteiger partial charge on any atom is -0.490 e. The number of hydrogen-bond donors (Lipinski definition) is 2. The number of benzene rings is 1. The van der Waals surface area contributed by atoms with Gasteiger partial charge in [-0.25, -0.2) is 0 Å². The summed E-state index contributed by atoms with van der Waals surface area (Å²) in [4.78, 5) is 0. The standard InChI is InChI=1S/C14H23NO2/c1-5-14(4,16)9-17-13-7-6-10(2)8-12(13)11(3)15/h6-8,11,16H,5,9,15H2,1-4H3/t11-,14?/m1/s1. The second-order valence-corrected chi connectivity index (χ2v) is 4.97. The summed E-state index contributed by atoms with van der Waals surface area (Å²) in [6.45, 7) is 7.95. The van der Waals surface area contributed by atoms with Gasteiger partial charge in [0.25, 0.3) is 0 Å². The van der Waals surface area contributed by atoms with Gasteiger partial charge in [-0.1, -0.05) is 24.6 Å². The Balaban J connectivity index is 2.84. The molecule has 0 aromatic heterocycles. The van der Waals surface area contributed by atoms with Crippen molar-refractivity contribution in [2.45, 2.75) is 45.8 Å². The second kappa shape index (κ2) is 5.52. The molecule has 0 saturated heterocycles. The normalized spacial score (nSPS) is 16.4. The molecular formula is C14H23NO2. The molecule has 0 fully saturated rings. The first kappa shape index (κ1) is 14.0. The zero-order chi connectivity index (χ0) is 13.1. The summed E-state index contributed by atoms with van der Waals surface area (Å²) in [5, 5.41) is 9.91. The predicted molar refractivity (Wildman–Crippen MR) is 70.2 cm³/mol. The van der Waals surface area contributed by atoms with Gasteiger partial charge in [-0.2, -0.15) is 0 Å². The Morgan fingerprint density at radius 2 is 2.12 bits per heavy atom. The van der Waals surface area contributed by atoms with Crippen LogP contribution in [0.3, 0.4) is 0 Å². The first-order valence-electron chi connectivity index (χ1n) is 6.07. The monoisotopic (exact) mass is 237 g/mol. The summed E-state index contributed by atoms with van der Waals surface area (Å²) in [5.41, 5.74) is 7.26. The van der Waals surface area contributed by atoms with Crippen LogP contribution in [0.5, 0.6) is 5.75 Å². The third-order valence-corrected chi connectivity index (χ3v) is 2.96. The van der Waals surface area contributed by atoms with E-state index in [-0.39, 0.29) is 12.6 Å². The summed E-state index contributed by atoms with van der Waals surface area (Å²) < 4.78 is 5.68. The number of rotatable bonds is 5. The smallest absolute Gasteiger partial charge is 0.124 e. The topological polar surface area (TPSA) is 55.5 Å². The molecule has 0 heterocycles. The summed E-state index contributed by atoms with van der Waals surface area (Å²) in [5.74, 6) is 0.763. The van der Waals surface area contributed by atoms with Crippen LogP contribution in [0.1, 0.15) is 44.4 Å². The van der Waals surface area contributed by atoms with Crippen LogP contribution >= 0.6 is 0 Å². The third kappa shape index (κ3) is 4.02. The van der Waals surface area contributed by atoms with Gasteiger partial charge >= 0.3 is 0 Å².